The van der Waals surface area contributed by atoms with Gasteiger partial charge in [-0.25, -0.2) is 9.37 Å². The molecule has 0 spiro atoms. The SMILES string of the molecule is CNCCc1nc2ccc(F)cc2n1-c1ccccc1. The highest BCUT2D eigenvalue weighted by Crippen LogP contribution is 2.22. The molecule has 0 fully saturated rings. The van der Waals surface area contributed by atoms with E-state index < -0.39 is 0 Å². The van der Waals surface area contributed by atoms with Crippen molar-refractivity contribution in [3.05, 3.63) is 60.2 Å². The van der Waals surface area contributed by atoms with Crippen molar-refractivity contribution >= 4 is 11.0 Å². The van der Waals surface area contributed by atoms with Crippen LogP contribution in [0, 0.1) is 5.82 Å². The molecule has 0 aliphatic carbocycles. The van der Waals surface area contributed by atoms with Gasteiger partial charge in [0.05, 0.1) is 11.0 Å². The van der Waals surface area contributed by atoms with Crippen molar-refractivity contribution in [2.75, 3.05) is 13.6 Å². The molecule has 0 unspecified atom stereocenters. The van der Waals surface area contributed by atoms with Crippen LogP contribution in [0.2, 0.25) is 0 Å². The Hall–Kier alpha value is -2.20. The summed E-state index contributed by atoms with van der Waals surface area (Å²) in [6.45, 7) is 0.832. The molecule has 102 valence electrons. The van der Waals surface area contributed by atoms with Crippen molar-refractivity contribution in [2.24, 2.45) is 0 Å². The predicted molar refractivity (Wildman–Crippen MR) is 78.7 cm³/mol. The van der Waals surface area contributed by atoms with Gasteiger partial charge in [0.1, 0.15) is 11.6 Å². The second kappa shape index (κ2) is 5.43. The number of benzene rings is 2. The van der Waals surface area contributed by atoms with Gasteiger partial charge in [-0.3, -0.25) is 4.57 Å². The van der Waals surface area contributed by atoms with Crippen LogP contribution in [0.5, 0.6) is 0 Å². The van der Waals surface area contributed by atoms with E-state index in [4.69, 9.17) is 0 Å². The molecule has 0 atom stereocenters. The first-order chi connectivity index (χ1) is 9.79. The minimum Gasteiger partial charge on any atom is -0.319 e. The molecular formula is C16H16FN3. The molecule has 3 aromatic rings. The minimum absolute atomic E-state index is 0.241. The van der Waals surface area contributed by atoms with Crippen LogP contribution in [0.1, 0.15) is 5.82 Å². The summed E-state index contributed by atoms with van der Waals surface area (Å²) in [6, 6.07) is 14.7. The van der Waals surface area contributed by atoms with E-state index >= 15 is 0 Å². The summed E-state index contributed by atoms with van der Waals surface area (Å²) in [5.41, 5.74) is 2.63. The van der Waals surface area contributed by atoms with E-state index in [2.05, 4.69) is 10.3 Å². The monoisotopic (exact) mass is 269 g/mol. The van der Waals surface area contributed by atoms with Crippen LogP contribution in [0.4, 0.5) is 4.39 Å². The van der Waals surface area contributed by atoms with Crippen LogP contribution in [-0.4, -0.2) is 23.1 Å². The van der Waals surface area contributed by atoms with E-state index in [1.54, 1.807) is 6.07 Å². The topological polar surface area (TPSA) is 29.9 Å². The van der Waals surface area contributed by atoms with E-state index in [1.165, 1.54) is 12.1 Å². The molecule has 20 heavy (non-hydrogen) atoms. The average Bonchev–Trinajstić information content (AvgIpc) is 2.83. The number of para-hydroxylation sites is 1. The molecule has 3 rings (SSSR count). The summed E-state index contributed by atoms with van der Waals surface area (Å²) in [6.07, 6.45) is 0.793. The molecule has 0 saturated heterocycles. The highest BCUT2D eigenvalue weighted by Gasteiger charge is 2.12. The number of fused-ring (bicyclic) bond motifs is 1. The fourth-order valence-corrected chi connectivity index (χ4v) is 2.37. The van der Waals surface area contributed by atoms with Crippen LogP contribution in [0.15, 0.2) is 48.5 Å². The molecule has 0 amide bonds. The van der Waals surface area contributed by atoms with Gasteiger partial charge >= 0.3 is 0 Å². The third-order valence-electron chi connectivity index (χ3n) is 3.30. The van der Waals surface area contributed by atoms with Crippen LogP contribution < -0.4 is 5.32 Å². The standard InChI is InChI=1S/C16H16FN3/c1-18-10-9-16-19-14-8-7-12(17)11-15(14)20(16)13-5-3-2-4-6-13/h2-8,11,18H,9-10H2,1H3. The predicted octanol–water partition coefficient (Wildman–Crippen LogP) is 2.93. The van der Waals surface area contributed by atoms with E-state index in [-0.39, 0.29) is 5.82 Å². The van der Waals surface area contributed by atoms with E-state index in [1.807, 2.05) is 41.9 Å². The van der Waals surface area contributed by atoms with Gasteiger partial charge in [-0.1, -0.05) is 18.2 Å². The van der Waals surface area contributed by atoms with Crippen LogP contribution in [-0.2, 0) is 6.42 Å². The molecule has 0 aliphatic rings. The number of nitrogens with zero attached hydrogens (tertiary/aromatic N) is 2. The maximum Gasteiger partial charge on any atom is 0.125 e. The summed E-state index contributed by atoms with van der Waals surface area (Å²) in [5, 5.41) is 3.12. The van der Waals surface area contributed by atoms with Gasteiger partial charge in [-0.05, 0) is 31.3 Å². The maximum absolute atomic E-state index is 13.5. The quantitative estimate of drug-likeness (QED) is 0.789. The third-order valence-corrected chi connectivity index (χ3v) is 3.30. The fraction of sp³-hybridized carbons (Fsp3) is 0.188. The molecule has 4 heteroatoms. The van der Waals surface area contributed by atoms with Crippen LogP contribution >= 0.6 is 0 Å². The molecular weight excluding hydrogens is 253 g/mol. The Morgan fingerprint density at radius 2 is 1.95 bits per heavy atom. The largest absolute Gasteiger partial charge is 0.319 e. The number of aromatic nitrogens is 2. The van der Waals surface area contributed by atoms with Crippen molar-refractivity contribution in [1.82, 2.24) is 14.9 Å². The molecule has 2 aromatic carbocycles. The maximum atomic E-state index is 13.5. The van der Waals surface area contributed by atoms with Crippen molar-refractivity contribution < 1.29 is 4.39 Å². The molecule has 0 bridgehead atoms. The van der Waals surface area contributed by atoms with Gasteiger partial charge < -0.3 is 5.32 Å². The van der Waals surface area contributed by atoms with Gasteiger partial charge in [0.15, 0.2) is 0 Å². The Bertz CT molecular complexity index is 719. The molecule has 1 N–H and O–H groups in total. The molecule has 1 heterocycles. The number of rotatable bonds is 4. The number of nitrogens with one attached hydrogen (secondary N) is 1. The lowest BCUT2D eigenvalue weighted by Gasteiger charge is -2.09. The Labute approximate surface area is 117 Å². The highest BCUT2D eigenvalue weighted by atomic mass is 19.1. The number of hydrogen-bond acceptors (Lipinski definition) is 2. The first kappa shape index (κ1) is 12.8. The first-order valence-electron chi connectivity index (χ1n) is 6.66. The Morgan fingerprint density at radius 1 is 1.15 bits per heavy atom. The zero-order valence-corrected chi connectivity index (χ0v) is 11.3. The normalized spacial score (nSPS) is 11.1. The summed E-state index contributed by atoms with van der Waals surface area (Å²) in [4.78, 5) is 4.62. The molecule has 0 radical (unpaired) electrons. The lowest BCUT2D eigenvalue weighted by atomic mass is 10.2. The minimum atomic E-state index is -0.241. The van der Waals surface area contributed by atoms with Gasteiger partial charge in [0.2, 0.25) is 0 Å². The van der Waals surface area contributed by atoms with Crippen molar-refractivity contribution in [2.45, 2.75) is 6.42 Å². The molecule has 1 aromatic heterocycles. The average molecular weight is 269 g/mol. The highest BCUT2D eigenvalue weighted by molar-refractivity contribution is 5.78. The summed E-state index contributed by atoms with van der Waals surface area (Å²) >= 11 is 0. The Kier molecular flexibility index (Phi) is 3.48. The van der Waals surface area contributed by atoms with Crippen LogP contribution in [0.25, 0.3) is 16.7 Å². The van der Waals surface area contributed by atoms with Gasteiger partial charge in [0.25, 0.3) is 0 Å². The van der Waals surface area contributed by atoms with E-state index in [0.717, 1.165) is 35.5 Å². The lowest BCUT2D eigenvalue weighted by Crippen LogP contribution is -2.13. The van der Waals surface area contributed by atoms with Gasteiger partial charge in [-0.2, -0.15) is 0 Å². The van der Waals surface area contributed by atoms with E-state index in [0.29, 0.717) is 0 Å². The number of imidazole rings is 1. The number of likely N-dealkylation sites (N-methyl/N-ethyl adjacent to an activating group) is 1. The molecule has 0 aliphatic heterocycles. The first-order valence-corrected chi connectivity index (χ1v) is 6.66. The van der Waals surface area contributed by atoms with Crippen LogP contribution in [0.3, 0.4) is 0 Å². The van der Waals surface area contributed by atoms with Crippen molar-refractivity contribution in [3.63, 3.8) is 0 Å². The Balaban J connectivity index is 2.22. The molecule has 0 saturated carbocycles. The van der Waals surface area contributed by atoms with Crippen molar-refractivity contribution in [1.29, 1.82) is 0 Å². The zero-order chi connectivity index (χ0) is 13.9. The van der Waals surface area contributed by atoms with Crippen molar-refractivity contribution in [3.8, 4) is 5.69 Å². The summed E-state index contributed by atoms with van der Waals surface area (Å²) < 4.78 is 15.6. The second-order valence-electron chi connectivity index (χ2n) is 4.69. The number of hydrogen-bond donors (Lipinski definition) is 1. The van der Waals surface area contributed by atoms with Gasteiger partial charge in [0, 0.05) is 24.7 Å². The Morgan fingerprint density at radius 3 is 2.70 bits per heavy atom. The van der Waals surface area contributed by atoms with E-state index in [9.17, 15) is 4.39 Å². The third kappa shape index (κ3) is 2.30. The summed E-state index contributed by atoms with van der Waals surface area (Å²) in [5.74, 6) is 0.695. The molecule has 3 nitrogen and oxygen atoms in total. The van der Waals surface area contributed by atoms with Gasteiger partial charge in [-0.15, -0.1) is 0 Å². The second-order valence-corrected chi connectivity index (χ2v) is 4.69. The lowest BCUT2D eigenvalue weighted by molar-refractivity contribution is 0.629. The summed E-state index contributed by atoms with van der Waals surface area (Å²) in [7, 11) is 1.91. The number of halogens is 1. The zero-order valence-electron chi connectivity index (χ0n) is 11.3. The smallest absolute Gasteiger partial charge is 0.125 e. The fourth-order valence-electron chi connectivity index (χ4n) is 2.37.